The van der Waals surface area contributed by atoms with Gasteiger partial charge < -0.3 is 0 Å². The van der Waals surface area contributed by atoms with E-state index in [4.69, 9.17) is 5.11 Å². The molecule has 0 radical (unpaired) electrons. The molecule has 0 rings (SSSR count). The van der Waals surface area contributed by atoms with Gasteiger partial charge in [-0.05, 0) is 0 Å². The SMILES string of the molecule is CSCCC(N[Se]C(=O)[C@H](O)C[Se]C)C(=O)O. The molecular formula is C9H17NO4SSe2. The molecular weight excluding hydrogens is 376 g/mol. The average molecular weight is 393 g/mol. The van der Waals surface area contributed by atoms with Gasteiger partial charge in [0, 0.05) is 0 Å². The Morgan fingerprint density at radius 2 is 2.12 bits per heavy atom. The van der Waals surface area contributed by atoms with Gasteiger partial charge in [-0.15, -0.1) is 0 Å². The molecule has 2 atom stereocenters. The van der Waals surface area contributed by atoms with Crippen LogP contribution < -0.4 is 4.33 Å². The Morgan fingerprint density at radius 3 is 2.59 bits per heavy atom. The van der Waals surface area contributed by atoms with Gasteiger partial charge in [0.15, 0.2) is 0 Å². The number of carboxylic acids is 1. The minimum atomic E-state index is -0.942. The van der Waals surface area contributed by atoms with Crippen LogP contribution in [0.1, 0.15) is 6.42 Å². The third-order valence-electron chi connectivity index (χ3n) is 1.81. The van der Waals surface area contributed by atoms with E-state index >= 15 is 0 Å². The minimum absolute atomic E-state index is 0.246. The molecule has 0 amide bonds. The topological polar surface area (TPSA) is 86.6 Å². The first kappa shape index (κ1) is 17.4. The van der Waals surface area contributed by atoms with Crippen LogP contribution in [0.4, 0.5) is 0 Å². The molecule has 0 bridgehead atoms. The van der Waals surface area contributed by atoms with E-state index < -0.39 is 33.3 Å². The van der Waals surface area contributed by atoms with Crippen LogP contribution >= 0.6 is 11.8 Å². The molecule has 1 unspecified atom stereocenters. The van der Waals surface area contributed by atoms with Crippen molar-refractivity contribution >= 4 is 52.5 Å². The summed E-state index contributed by atoms with van der Waals surface area (Å²) >= 11 is 1.15. The summed E-state index contributed by atoms with van der Waals surface area (Å²) in [5.74, 6) is 1.74. The van der Waals surface area contributed by atoms with Crippen LogP contribution in [0.3, 0.4) is 0 Å². The summed E-state index contributed by atoms with van der Waals surface area (Å²) < 4.78 is 2.47. The monoisotopic (exact) mass is 395 g/mol. The molecule has 0 saturated carbocycles. The fourth-order valence-electron chi connectivity index (χ4n) is 0.892. The summed E-state index contributed by atoms with van der Waals surface area (Å²) in [5.41, 5.74) is 0. The van der Waals surface area contributed by atoms with E-state index in [0.717, 1.165) is 5.75 Å². The number of carbonyl (C=O) groups excluding carboxylic acids is 1. The Kier molecular flexibility index (Phi) is 10.7. The number of aliphatic hydroxyl groups excluding tert-OH is 1. The van der Waals surface area contributed by atoms with Crippen molar-refractivity contribution in [3.63, 3.8) is 0 Å². The van der Waals surface area contributed by atoms with Crippen molar-refractivity contribution in [2.75, 3.05) is 12.0 Å². The zero-order valence-electron chi connectivity index (χ0n) is 9.71. The summed E-state index contributed by atoms with van der Waals surface area (Å²) in [5, 5.41) is 18.9. The van der Waals surface area contributed by atoms with E-state index in [1.165, 1.54) is 0 Å². The van der Waals surface area contributed by atoms with E-state index in [9.17, 15) is 14.7 Å². The van der Waals surface area contributed by atoms with E-state index in [1.54, 1.807) is 11.8 Å². The predicted molar refractivity (Wildman–Crippen MR) is 70.8 cm³/mol. The fraction of sp³-hybridized carbons (Fsp3) is 0.778. The van der Waals surface area contributed by atoms with E-state index in [2.05, 4.69) is 4.33 Å². The Hall–Kier alpha value is 0.449. The zero-order valence-corrected chi connectivity index (χ0v) is 14.0. The van der Waals surface area contributed by atoms with E-state index in [1.807, 2.05) is 12.1 Å². The number of thioether (sulfide) groups is 1. The second-order valence-electron chi connectivity index (χ2n) is 3.18. The van der Waals surface area contributed by atoms with E-state index in [0.29, 0.717) is 11.7 Å². The maximum atomic E-state index is 11.5. The van der Waals surface area contributed by atoms with Crippen LogP contribution in [0, 0.1) is 0 Å². The molecule has 0 heterocycles. The van der Waals surface area contributed by atoms with Crippen LogP contribution in [0.25, 0.3) is 0 Å². The van der Waals surface area contributed by atoms with E-state index in [-0.39, 0.29) is 19.6 Å². The van der Waals surface area contributed by atoms with Gasteiger partial charge in [0.05, 0.1) is 0 Å². The van der Waals surface area contributed by atoms with Crippen LogP contribution in [0.15, 0.2) is 0 Å². The molecule has 0 aliphatic carbocycles. The number of aliphatic carboxylic acids is 1. The standard InChI is InChI=1S/C9H17NO4SSe2/c1-15-4-3-6(8(12)13)10-17-9(14)7(11)5-16-2/h6-7,10-11H,3-5H2,1-2H3,(H,12,13)/t6?,7-/m1/s1. The summed E-state index contributed by atoms with van der Waals surface area (Å²) in [6.07, 6.45) is 1.46. The second-order valence-corrected chi connectivity index (χ2v) is 7.85. The molecule has 0 aromatic heterocycles. The van der Waals surface area contributed by atoms with Crippen LogP contribution in [-0.4, -0.2) is 75.2 Å². The normalized spacial score (nSPS) is 14.3. The van der Waals surface area contributed by atoms with Gasteiger partial charge in [0.1, 0.15) is 0 Å². The number of nitrogens with one attached hydrogen (secondary N) is 1. The Labute approximate surface area is 118 Å². The van der Waals surface area contributed by atoms with Crippen LogP contribution in [0.5, 0.6) is 0 Å². The van der Waals surface area contributed by atoms with Gasteiger partial charge in [0.2, 0.25) is 0 Å². The van der Waals surface area contributed by atoms with Gasteiger partial charge >= 0.3 is 118 Å². The van der Waals surface area contributed by atoms with Crippen molar-refractivity contribution in [3.8, 4) is 0 Å². The quantitative estimate of drug-likeness (QED) is 0.433. The van der Waals surface area contributed by atoms with Gasteiger partial charge in [-0.2, -0.15) is 0 Å². The zero-order chi connectivity index (χ0) is 13.3. The number of carboxylic acid groups (broad SMARTS) is 1. The van der Waals surface area contributed by atoms with Crippen molar-refractivity contribution in [1.29, 1.82) is 0 Å². The summed E-state index contributed by atoms with van der Waals surface area (Å²) in [7, 11) is 0. The first-order valence-electron chi connectivity index (χ1n) is 4.87. The first-order chi connectivity index (χ1) is 8.02. The fourth-order valence-corrected chi connectivity index (χ4v) is 4.34. The first-order valence-corrected chi connectivity index (χ1v) is 10.9. The third-order valence-corrected chi connectivity index (χ3v) is 5.65. The molecule has 17 heavy (non-hydrogen) atoms. The number of aliphatic hydroxyl groups is 1. The summed E-state index contributed by atoms with van der Waals surface area (Å²) in [6.45, 7) is 0. The van der Waals surface area contributed by atoms with Gasteiger partial charge in [-0.3, -0.25) is 0 Å². The Balaban J connectivity index is 4.03. The average Bonchev–Trinajstić information content (AvgIpc) is 2.28. The molecule has 0 aromatic rings. The molecule has 0 aliphatic heterocycles. The number of hydrogen-bond acceptors (Lipinski definition) is 5. The third kappa shape index (κ3) is 8.21. The van der Waals surface area contributed by atoms with Crippen molar-refractivity contribution in [2.45, 2.75) is 29.7 Å². The molecule has 0 aliphatic rings. The second kappa shape index (κ2) is 10.4. The molecule has 0 spiro atoms. The molecule has 0 aromatic carbocycles. The molecule has 0 fully saturated rings. The molecule has 5 nitrogen and oxygen atoms in total. The predicted octanol–water partition coefficient (Wildman–Crippen LogP) is -0.540. The summed E-state index contributed by atoms with van der Waals surface area (Å²) in [4.78, 5) is 22.3. The van der Waals surface area contributed by atoms with Gasteiger partial charge in [0.25, 0.3) is 0 Å². The van der Waals surface area contributed by atoms with Gasteiger partial charge in [-0.25, -0.2) is 0 Å². The van der Waals surface area contributed by atoms with Crippen molar-refractivity contribution in [2.24, 2.45) is 0 Å². The summed E-state index contributed by atoms with van der Waals surface area (Å²) in [6, 6.07) is -0.689. The van der Waals surface area contributed by atoms with Crippen LogP contribution in [-0.2, 0) is 9.59 Å². The van der Waals surface area contributed by atoms with Crippen molar-refractivity contribution < 1.29 is 19.8 Å². The van der Waals surface area contributed by atoms with Crippen LogP contribution in [0.2, 0.25) is 11.1 Å². The Morgan fingerprint density at radius 1 is 1.47 bits per heavy atom. The molecule has 3 N–H and O–H groups in total. The molecule has 8 heteroatoms. The number of hydrogen-bond donors (Lipinski definition) is 3. The van der Waals surface area contributed by atoms with Crippen molar-refractivity contribution in [3.05, 3.63) is 0 Å². The van der Waals surface area contributed by atoms with Gasteiger partial charge in [-0.1, -0.05) is 0 Å². The Bertz CT molecular complexity index is 255. The molecule has 100 valence electrons. The molecule has 0 saturated heterocycles. The number of rotatable bonds is 10. The number of carbonyl (C=O) groups is 2. The maximum absolute atomic E-state index is 11.5. The van der Waals surface area contributed by atoms with Crippen molar-refractivity contribution in [1.82, 2.24) is 4.33 Å².